The minimum atomic E-state index is -0.435. The molecule has 0 atom stereocenters. The average molecular weight is 321 g/mol. The first-order valence-corrected chi connectivity index (χ1v) is 8.50. The van der Waals surface area contributed by atoms with Crippen molar-refractivity contribution in [2.75, 3.05) is 6.61 Å². The van der Waals surface area contributed by atoms with Gasteiger partial charge < -0.3 is 4.74 Å². The molecule has 1 fully saturated rings. The van der Waals surface area contributed by atoms with Crippen LogP contribution in [0.3, 0.4) is 0 Å². The molecule has 2 aromatic rings. The van der Waals surface area contributed by atoms with Gasteiger partial charge in [-0.05, 0) is 26.7 Å². The van der Waals surface area contributed by atoms with Gasteiger partial charge in [-0.1, -0.05) is 24.5 Å². The van der Waals surface area contributed by atoms with Crippen LogP contribution >= 0.6 is 11.3 Å². The zero-order valence-corrected chi connectivity index (χ0v) is 13.6. The Morgan fingerprint density at radius 3 is 2.77 bits per heavy atom. The lowest BCUT2D eigenvalue weighted by Crippen LogP contribution is -2.29. The molecule has 1 aliphatic rings. The summed E-state index contributed by atoms with van der Waals surface area (Å²) in [6.07, 6.45) is 5.38. The van der Waals surface area contributed by atoms with Gasteiger partial charge in [0.25, 0.3) is 5.56 Å². The van der Waals surface area contributed by atoms with Gasteiger partial charge in [0.1, 0.15) is 10.4 Å². The first kappa shape index (κ1) is 15.1. The van der Waals surface area contributed by atoms with Crippen molar-refractivity contribution in [3.63, 3.8) is 0 Å². The average Bonchev–Trinajstić information content (AvgIpc) is 2.87. The number of aryl methyl sites for hydroxylation is 1. The molecule has 6 nitrogen and oxygen atoms in total. The number of nitrogens with zero attached hydrogens (tertiary/aromatic N) is 3. The molecule has 0 saturated heterocycles. The number of fused-ring (bicyclic) bond motifs is 1. The van der Waals surface area contributed by atoms with Crippen molar-refractivity contribution < 1.29 is 9.53 Å². The first-order valence-electron chi connectivity index (χ1n) is 7.69. The van der Waals surface area contributed by atoms with E-state index in [1.165, 1.54) is 22.4 Å². The third-order valence-electron chi connectivity index (χ3n) is 4.10. The highest BCUT2D eigenvalue weighted by atomic mass is 32.1. The lowest BCUT2D eigenvalue weighted by atomic mass is 9.96. The second-order valence-electron chi connectivity index (χ2n) is 5.56. The van der Waals surface area contributed by atoms with E-state index in [2.05, 4.69) is 10.3 Å². The van der Waals surface area contributed by atoms with Crippen LogP contribution in [-0.2, 0) is 4.74 Å². The zero-order valence-electron chi connectivity index (χ0n) is 12.8. The summed E-state index contributed by atoms with van der Waals surface area (Å²) in [4.78, 5) is 25.9. The van der Waals surface area contributed by atoms with Crippen molar-refractivity contribution in [2.45, 2.75) is 52.0 Å². The van der Waals surface area contributed by atoms with E-state index in [1.54, 1.807) is 6.92 Å². The van der Waals surface area contributed by atoms with Gasteiger partial charge in [0, 0.05) is 4.88 Å². The zero-order chi connectivity index (χ0) is 15.7. The molecule has 0 aliphatic heterocycles. The van der Waals surface area contributed by atoms with Crippen molar-refractivity contribution in [1.82, 2.24) is 15.0 Å². The Balaban J connectivity index is 2.10. The number of hydrogen-bond acceptors (Lipinski definition) is 6. The fourth-order valence-corrected chi connectivity index (χ4v) is 4.00. The van der Waals surface area contributed by atoms with Crippen molar-refractivity contribution >= 4 is 28.2 Å². The molecule has 0 N–H and O–H groups in total. The highest BCUT2D eigenvalue weighted by Gasteiger charge is 2.24. The minimum absolute atomic E-state index is 0.128. The summed E-state index contributed by atoms with van der Waals surface area (Å²) in [7, 11) is 0. The molecular formula is C15H19N3O3S. The predicted molar refractivity (Wildman–Crippen MR) is 84.5 cm³/mol. The molecule has 1 aliphatic carbocycles. The molecule has 0 amide bonds. The second-order valence-corrected chi connectivity index (χ2v) is 6.79. The summed E-state index contributed by atoms with van der Waals surface area (Å²) in [5.74, 6) is -0.435. The lowest BCUT2D eigenvalue weighted by Gasteiger charge is -2.21. The Morgan fingerprint density at radius 1 is 1.36 bits per heavy atom. The van der Waals surface area contributed by atoms with Crippen LogP contribution < -0.4 is 5.56 Å². The van der Waals surface area contributed by atoms with E-state index in [1.807, 2.05) is 6.92 Å². The summed E-state index contributed by atoms with van der Waals surface area (Å²) in [5.41, 5.74) is 0.235. The van der Waals surface area contributed by atoms with Crippen LogP contribution in [0.15, 0.2) is 4.79 Å². The van der Waals surface area contributed by atoms with E-state index in [-0.39, 0.29) is 11.6 Å². The maximum absolute atomic E-state index is 12.8. The van der Waals surface area contributed by atoms with Crippen molar-refractivity contribution in [2.24, 2.45) is 0 Å². The van der Waals surface area contributed by atoms with Crippen LogP contribution in [0.25, 0.3) is 10.9 Å². The van der Waals surface area contributed by atoms with E-state index < -0.39 is 5.97 Å². The smallest absolute Gasteiger partial charge is 0.350 e. The summed E-state index contributed by atoms with van der Waals surface area (Å²) >= 11 is 1.25. The number of carbonyl (C=O) groups excluding carboxylic acids is 1. The van der Waals surface area contributed by atoms with Crippen LogP contribution in [0, 0.1) is 6.92 Å². The second kappa shape index (κ2) is 6.16. The molecule has 22 heavy (non-hydrogen) atoms. The summed E-state index contributed by atoms with van der Waals surface area (Å²) in [6.45, 7) is 3.89. The van der Waals surface area contributed by atoms with E-state index in [0.29, 0.717) is 22.4 Å². The van der Waals surface area contributed by atoms with Gasteiger partial charge in [0.2, 0.25) is 0 Å². The Hall–Kier alpha value is -1.76. The largest absolute Gasteiger partial charge is 0.462 e. The topological polar surface area (TPSA) is 74.1 Å². The quantitative estimate of drug-likeness (QED) is 0.813. The molecule has 0 radical (unpaired) electrons. The number of aromatic nitrogens is 3. The first-order chi connectivity index (χ1) is 10.6. The van der Waals surface area contributed by atoms with Gasteiger partial charge in [-0.15, -0.1) is 16.4 Å². The third-order valence-corrected chi connectivity index (χ3v) is 5.18. The van der Waals surface area contributed by atoms with Crippen molar-refractivity contribution in [3.8, 4) is 0 Å². The number of hydrogen-bond donors (Lipinski definition) is 0. The predicted octanol–water partition coefficient (Wildman–Crippen LogP) is 2.84. The maximum Gasteiger partial charge on any atom is 0.350 e. The minimum Gasteiger partial charge on any atom is -0.462 e. The molecule has 3 rings (SSSR count). The lowest BCUT2D eigenvalue weighted by molar-refractivity contribution is 0.0534. The Bertz CT molecular complexity index is 759. The van der Waals surface area contributed by atoms with Crippen LogP contribution in [0.1, 0.15) is 59.6 Å². The highest BCUT2D eigenvalue weighted by molar-refractivity contribution is 7.15. The molecule has 0 spiro atoms. The van der Waals surface area contributed by atoms with Crippen LogP contribution in [-0.4, -0.2) is 27.6 Å². The van der Waals surface area contributed by atoms with Gasteiger partial charge >= 0.3 is 5.97 Å². The van der Waals surface area contributed by atoms with Gasteiger partial charge in [0.05, 0.1) is 18.0 Å². The fourth-order valence-electron chi connectivity index (χ4n) is 3.03. The van der Waals surface area contributed by atoms with E-state index in [0.717, 1.165) is 30.6 Å². The molecule has 2 heterocycles. The molecule has 0 unspecified atom stereocenters. The molecule has 0 aromatic carbocycles. The standard InChI is InChI=1S/C15H19N3O3S/c1-3-21-15(20)13-12-11(9(2)22-13)14(19)18(17-16-12)10-7-5-4-6-8-10/h10H,3-8H2,1-2H3. The van der Waals surface area contributed by atoms with Gasteiger partial charge in [-0.3, -0.25) is 4.79 Å². The van der Waals surface area contributed by atoms with E-state index in [4.69, 9.17) is 4.74 Å². The summed E-state index contributed by atoms with van der Waals surface area (Å²) in [6, 6.07) is 0.128. The Labute approximate surface area is 132 Å². The van der Waals surface area contributed by atoms with Gasteiger partial charge in [-0.2, -0.15) is 0 Å². The van der Waals surface area contributed by atoms with Crippen molar-refractivity contribution in [3.05, 3.63) is 20.1 Å². The molecule has 2 aromatic heterocycles. The maximum atomic E-state index is 12.8. The molecule has 0 bridgehead atoms. The number of carbonyl (C=O) groups is 1. The third kappa shape index (κ3) is 2.54. The monoisotopic (exact) mass is 321 g/mol. The summed E-state index contributed by atoms with van der Waals surface area (Å²) < 4.78 is 6.54. The SMILES string of the molecule is CCOC(=O)c1sc(C)c2c(=O)n(C3CCCCC3)nnc12. The molecule has 7 heteroatoms. The normalized spacial score (nSPS) is 16.1. The Morgan fingerprint density at radius 2 is 2.09 bits per heavy atom. The van der Waals surface area contributed by atoms with Crippen LogP contribution in [0.4, 0.5) is 0 Å². The van der Waals surface area contributed by atoms with E-state index >= 15 is 0 Å². The van der Waals surface area contributed by atoms with Gasteiger partial charge in [0.15, 0.2) is 0 Å². The Kier molecular flexibility index (Phi) is 4.24. The molecule has 1 saturated carbocycles. The molecule has 118 valence electrons. The fraction of sp³-hybridized carbons (Fsp3) is 0.600. The van der Waals surface area contributed by atoms with Crippen molar-refractivity contribution in [1.29, 1.82) is 0 Å². The number of ether oxygens (including phenoxy) is 1. The number of rotatable bonds is 3. The van der Waals surface area contributed by atoms with E-state index in [9.17, 15) is 9.59 Å². The highest BCUT2D eigenvalue weighted by Crippen LogP contribution is 2.29. The number of thiophene rings is 1. The molecular weight excluding hydrogens is 302 g/mol. The number of esters is 1. The summed E-state index contributed by atoms with van der Waals surface area (Å²) in [5, 5.41) is 8.77. The van der Waals surface area contributed by atoms with Crippen LogP contribution in [0.5, 0.6) is 0 Å². The van der Waals surface area contributed by atoms with Gasteiger partial charge in [-0.25, -0.2) is 9.48 Å². The van der Waals surface area contributed by atoms with Crippen LogP contribution in [0.2, 0.25) is 0 Å².